The van der Waals surface area contributed by atoms with Gasteiger partial charge in [-0.15, -0.1) is 0 Å². The van der Waals surface area contributed by atoms with E-state index in [0.717, 1.165) is 12.8 Å². The minimum absolute atomic E-state index is 0.170. The van der Waals surface area contributed by atoms with Crippen LogP contribution < -0.4 is 0 Å². The van der Waals surface area contributed by atoms with Crippen molar-refractivity contribution in [3.8, 4) is 0 Å². The van der Waals surface area contributed by atoms with E-state index >= 15 is 0 Å². The van der Waals surface area contributed by atoms with Crippen LogP contribution in [0.25, 0.3) is 0 Å². The average Bonchev–Trinajstić information content (AvgIpc) is 2.28. The lowest BCUT2D eigenvalue weighted by atomic mass is 10.1. The number of carbonyl (C=O) groups is 1. The fourth-order valence-corrected chi connectivity index (χ4v) is 1.68. The second-order valence-electron chi connectivity index (χ2n) is 4.50. The van der Waals surface area contributed by atoms with E-state index in [1.165, 1.54) is 25.7 Å². The van der Waals surface area contributed by atoms with Crippen LogP contribution in [0.3, 0.4) is 0 Å². The predicted molar refractivity (Wildman–Crippen MR) is 70.0 cm³/mol. The topological polar surface area (TPSA) is 57.5 Å². The summed E-state index contributed by atoms with van der Waals surface area (Å²) in [6.45, 7) is 2.19. The number of aliphatic carboxylic acids is 1. The van der Waals surface area contributed by atoms with Gasteiger partial charge in [0.05, 0.1) is 6.10 Å². The Balaban J connectivity index is 3.33. The Morgan fingerprint density at radius 2 is 1.88 bits per heavy atom. The Morgan fingerprint density at radius 3 is 2.53 bits per heavy atom. The number of carboxylic acids is 1. The predicted octanol–water partition coefficient (Wildman–Crippen LogP) is 3.52. The first-order valence-corrected chi connectivity index (χ1v) is 6.71. The van der Waals surface area contributed by atoms with Crippen molar-refractivity contribution in [3.63, 3.8) is 0 Å². The third-order valence-corrected chi connectivity index (χ3v) is 2.74. The zero-order valence-electron chi connectivity index (χ0n) is 10.9. The molecule has 0 saturated heterocycles. The maximum Gasteiger partial charge on any atom is 0.303 e. The molecule has 0 bridgehead atoms. The molecule has 100 valence electrons. The third-order valence-electron chi connectivity index (χ3n) is 2.74. The van der Waals surface area contributed by atoms with Crippen LogP contribution >= 0.6 is 0 Å². The van der Waals surface area contributed by atoms with Gasteiger partial charge in [-0.1, -0.05) is 51.2 Å². The van der Waals surface area contributed by atoms with Crippen molar-refractivity contribution in [1.82, 2.24) is 0 Å². The van der Waals surface area contributed by atoms with Gasteiger partial charge in [0, 0.05) is 6.42 Å². The highest BCUT2D eigenvalue weighted by Gasteiger charge is 2.01. The molecule has 3 heteroatoms. The quantitative estimate of drug-likeness (QED) is 0.430. The maximum absolute atomic E-state index is 10.2. The second kappa shape index (κ2) is 11.6. The van der Waals surface area contributed by atoms with Crippen molar-refractivity contribution in [3.05, 3.63) is 12.2 Å². The highest BCUT2D eigenvalue weighted by Crippen LogP contribution is 2.09. The fraction of sp³-hybridized carbons (Fsp3) is 0.786. The minimum Gasteiger partial charge on any atom is -0.481 e. The molecule has 0 aliphatic heterocycles. The summed E-state index contributed by atoms with van der Waals surface area (Å²) in [5, 5.41) is 18.1. The van der Waals surface area contributed by atoms with Gasteiger partial charge in [-0.25, -0.2) is 0 Å². The molecule has 0 aromatic rings. The Morgan fingerprint density at radius 1 is 1.18 bits per heavy atom. The number of aliphatic hydroxyl groups is 1. The zero-order chi connectivity index (χ0) is 12.9. The Hall–Kier alpha value is -0.830. The lowest BCUT2D eigenvalue weighted by Crippen LogP contribution is -2.04. The van der Waals surface area contributed by atoms with Crippen LogP contribution in [0.15, 0.2) is 12.2 Å². The lowest BCUT2D eigenvalue weighted by Gasteiger charge is -2.07. The van der Waals surface area contributed by atoms with Gasteiger partial charge in [0.25, 0.3) is 0 Å². The van der Waals surface area contributed by atoms with Crippen LogP contribution in [0.5, 0.6) is 0 Å². The van der Waals surface area contributed by atoms with Crippen LogP contribution in [-0.2, 0) is 4.79 Å². The molecule has 17 heavy (non-hydrogen) atoms. The van der Waals surface area contributed by atoms with Gasteiger partial charge in [-0.05, 0) is 19.3 Å². The van der Waals surface area contributed by atoms with E-state index in [0.29, 0.717) is 12.8 Å². The average molecular weight is 242 g/mol. The van der Waals surface area contributed by atoms with Crippen molar-refractivity contribution in [1.29, 1.82) is 0 Å². The number of carboxylic acid groups (broad SMARTS) is 1. The highest BCUT2D eigenvalue weighted by atomic mass is 16.4. The summed E-state index contributed by atoms with van der Waals surface area (Å²) in [5.41, 5.74) is 0. The molecule has 0 aromatic heterocycles. The smallest absolute Gasteiger partial charge is 0.303 e. The first-order valence-electron chi connectivity index (χ1n) is 6.71. The number of aliphatic hydroxyl groups excluding tert-OH is 1. The van der Waals surface area contributed by atoms with E-state index in [1.807, 2.05) is 12.2 Å². The van der Waals surface area contributed by atoms with Crippen molar-refractivity contribution in [2.24, 2.45) is 0 Å². The van der Waals surface area contributed by atoms with E-state index in [9.17, 15) is 9.90 Å². The van der Waals surface area contributed by atoms with Gasteiger partial charge < -0.3 is 10.2 Å². The van der Waals surface area contributed by atoms with Crippen LogP contribution in [0.4, 0.5) is 0 Å². The largest absolute Gasteiger partial charge is 0.481 e. The Bertz CT molecular complexity index is 212. The number of rotatable bonds is 11. The maximum atomic E-state index is 10.2. The first kappa shape index (κ1) is 16.2. The van der Waals surface area contributed by atoms with Crippen molar-refractivity contribution in [2.75, 3.05) is 0 Å². The monoisotopic (exact) mass is 242 g/mol. The van der Waals surface area contributed by atoms with E-state index in [2.05, 4.69) is 6.92 Å². The summed E-state index contributed by atoms with van der Waals surface area (Å²) in [7, 11) is 0. The molecule has 0 fully saturated rings. The zero-order valence-corrected chi connectivity index (χ0v) is 10.9. The van der Waals surface area contributed by atoms with Gasteiger partial charge in [0.15, 0.2) is 0 Å². The minimum atomic E-state index is -0.772. The van der Waals surface area contributed by atoms with Gasteiger partial charge in [-0.3, -0.25) is 4.79 Å². The molecule has 0 rings (SSSR count). The van der Waals surface area contributed by atoms with Crippen molar-refractivity contribution >= 4 is 5.97 Å². The van der Waals surface area contributed by atoms with Crippen molar-refractivity contribution < 1.29 is 15.0 Å². The summed E-state index contributed by atoms with van der Waals surface area (Å²) in [6.07, 6.45) is 11.8. The summed E-state index contributed by atoms with van der Waals surface area (Å²) >= 11 is 0. The van der Waals surface area contributed by atoms with E-state index in [1.54, 1.807) is 0 Å². The van der Waals surface area contributed by atoms with Gasteiger partial charge in [-0.2, -0.15) is 0 Å². The molecule has 0 spiro atoms. The molecule has 0 heterocycles. The molecule has 3 nitrogen and oxygen atoms in total. The van der Waals surface area contributed by atoms with E-state index in [-0.39, 0.29) is 12.5 Å². The van der Waals surface area contributed by atoms with Crippen LogP contribution in [0.1, 0.15) is 64.7 Å². The molecular weight excluding hydrogens is 216 g/mol. The standard InChI is InChI=1S/C14H26O3/c1-2-3-4-5-7-10-13(15)11-8-6-9-12-14(16)17/h6,8,13,15H,2-5,7,9-12H2,1H3,(H,16,17). The summed E-state index contributed by atoms with van der Waals surface area (Å²) in [6, 6.07) is 0. The second-order valence-corrected chi connectivity index (χ2v) is 4.50. The highest BCUT2D eigenvalue weighted by molar-refractivity contribution is 5.66. The summed E-state index contributed by atoms with van der Waals surface area (Å²) in [4.78, 5) is 10.2. The molecule has 0 saturated carbocycles. The molecule has 0 aliphatic rings. The fourth-order valence-electron chi connectivity index (χ4n) is 1.68. The van der Waals surface area contributed by atoms with Gasteiger partial charge in [0.1, 0.15) is 0 Å². The van der Waals surface area contributed by atoms with Gasteiger partial charge >= 0.3 is 5.97 Å². The van der Waals surface area contributed by atoms with Crippen LogP contribution in [0.2, 0.25) is 0 Å². The SMILES string of the molecule is CCCCCCCC(O)CC=CCCC(=O)O. The van der Waals surface area contributed by atoms with Crippen molar-refractivity contribution in [2.45, 2.75) is 70.8 Å². The Kier molecular flexibility index (Phi) is 11.1. The molecule has 0 aliphatic carbocycles. The van der Waals surface area contributed by atoms with Crippen LogP contribution in [-0.4, -0.2) is 22.3 Å². The molecule has 2 N–H and O–H groups in total. The molecular formula is C14H26O3. The van der Waals surface area contributed by atoms with E-state index in [4.69, 9.17) is 5.11 Å². The number of allylic oxidation sites excluding steroid dienone is 1. The Labute approximate surface area is 105 Å². The number of hydrogen-bond acceptors (Lipinski definition) is 2. The molecule has 1 atom stereocenters. The van der Waals surface area contributed by atoms with E-state index < -0.39 is 5.97 Å². The molecule has 0 radical (unpaired) electrons. The normalized spacial score (nSPS) is 13.1. The number of unbranched alkanes of at least 4 members (excludes halogenated alkanes) is 4. The molecule has 0 aromatic carbocycles. The van der Waals surface area contributed by atoms with Gasteiger partial charge in [0.2, 0.25) is 0 Å². The summed E-state index contributed by atoms with van der Waals surface area (Å²) in [5.74, 6) is -0.772. The lowest BCUT2D eigenvalue weighted by molar-refractivity contribution is -0.136. The summed E-state index contributed by atoms with van der Waals surface area (Å²) < 4.78 is 0. The number of hydrogen-bond donors (Lipinski definition) is 2. The first-order chi connectivity index (χ1) is 8.16. The molecule has 0 amide bonds. The molecule has 1 unspecified atom stereocenters. The third kappa shape index (κ3) is 13.1. The van der Waals surface area contributed by atoms with Crippen LogP contribution in [0, 0.1) is 0 Å².